The van der Waals surface area contributed by atoms with Crippen molar-refractivity contribution >= 4 is 23.3 Å². The molecule has 0 radical (unpaired) electrons. The van der Waals surface area contributed by atoms with E-state index in [9.17, 15) is 14.4 Å². The lowest BCUT2D eigenvalue weighted by Gasteiger charge is -2.24. The summed E-state index contributed by atoms with van der Waals surface area (Å²) in [5, 5.41) is 15.4. The highest BCUT2D eigenvalue weighted by atomic mass is 32.1. The van der Waals surface area contributed by atoms with Gasteiger partial charge in [-0.3, -0.25) is 4.79 Å². The van der Waals surface area contributed by atoms with Crippen molar-refractivity contribution in [3.8, 4) is 0 Å². The van der Waals surface area contributed by atoms with Crippen LogP contribution < -0.4 is 15.5 Å². The SMILES string of the molecule is CCC(C)(NC(=O)NCc1csc(=O)[nH]1)C(=O)O. The Balaban J connectivity index is 2.51. The first-order valence-corrected chi connectivity index (χ1v) is 6.21. The van der Waals surface area contributed by atoms with E-state index in [1.165, 1.54) is 6.92 Å². The third-order valence-electron chi connectivity index (χ3n) is 2.58. The van der Waals surface area contributed by atoms with Crippen molar-refractivity contribution < 1.29 is 14.7 Å². The van der Waals surface area contributed by atoms with Crippen LogP contribution in [0, 0.1) is 0 Å². The van der Waals surface area contributed by atoms with Crippen molar-refractivity contribution in [2.24, 2.45) is 0 Å². The summed E-state index contributed by atoms with van der Waals surface area (Å²) in [5.41, 5.74) is -0.722. The van der Waals surface area contributed by atoms with Crippen LogP contribution in [-0.4, -0.2) is 27.6 Å². The minimum atomic E-state index is -1.30. The molecular formula is C10H15N3O4S. The van der Waals surface area contributed by atoms with Gasteiger partial charge in [0.25, 0.3) is 0 Å². The molecule has 18 heavy (non-hydrogen) atoms. The molecule has 7 nitrogen and oxygen atoms in total. The van der Waals surface area contributed by atoms with Crippen LogP contribution in [0.5, 0.6) is 0 Å². The summed E-state index contributed by atoms with van der Waals surface area (Å²) < 4.78 is 0. The number of aliphatic carboxylic acids is 1. The first-order chi connectivity index (χ1) is 8.37. The van der Waals surface area contributed by atoms with Gasteiger partial charge in [-0.15, -0.1) is 0 Å². The second kappa shape index (κ2) is 5.67. The topological polar surface area (TPSA) is 111 Å². The van der Waals surface area contributed by atoms with E-state index in [2.05, 4.69) is 15.6 Å². The van der Waals surface area contributed by atoms with Gasteiger partial charge in [-0.05, 0) is 13.3 Å². The normalized spacial score (nSPS) is 13.7. The maximum atomic E-state index is 11.5. The maximum Gasteiger partial charge on any atom is 0.329 e. The Bertz CT molecular complexity index is 495. The van der Waals surface area contributed by atoms with E-state index in [0.29, 0.717) is 5.69 Å². The van der Waals surface area contributed by atoms with Gasteiger partial charge in [0.15, 0.2) is 0 Å². The highest BCUT2D eigenvalue weighted by Crippen LogP contribution is 2.08. The molecule has 0 bridgehead atoms. The standard InChI is InChI=1S/C10H15N3O4S/c1-3-10(2,7(14)15)13-8(16)11-4-6-5-18-9(17)12-6/h5H,3-4H2,1-2H3,(H,12,17)(H,14,15)(H2,11,13,16). The number of nitrogens with one attached hydrogen (secondary N) is 3. The van der Waals surface area contributed by atoms with Crippen molar-refractivity contribution in [3.05, 3.63) is 20.7 Å². The maximum absolute atomic E-state index is 11.5. The Kier molecular flexibility index (Phi) is 4.49. The molecule has 2 amide bonds. The van der Waals surface area contributed by atoms with Gasteiger partial charge in [-0.25, -0.2) is 9.59 Å². The van der Waals surface area contributed by atoms with Crippen molar-refractivity contribution in [3.63, 3.8) is 0 Å². The molecule has 0 saturated carbocycles. The summed E-state index contributed by atoms with van der Waals surface area (Å²) in [6.07, 6.45) is 0.269. The van der Waals surface area contributed by atoms with Crippen molar-refractivity contribution in [1.82, 2.24) is 15.6 Å². The fraction of sp³-hybridized carbons (Fsp3) is 0.500. The van der Waals surface area contributed by atoms with Crippen LogP contribution in [0.2, 0.25) is 0 Å². The molecule has 4 N–H and O–H groups in total. The van der Waals surface area contributed by atoms with Crippen LogP contribution in [0.15, 0.2) is 10.2 Å². The highest BCUT2D eigenvalue weighted by molar-refractivity contribution is 7.07. The van der Waals surface area contributed by atoms with E-state index in [4.69, 9.17) is 5.11 Å². The number of rotatable bonds is 5. The van der Waals surface area contributed by atoms with E-state index in [1.807, 2.05) is 0 Å². The fourth-order valence-electron chi connectivity index (χ4n) is 1.16. The van der Waals surface area contributed by atoms with E-state index in [1.54, 1.807) is 12.3 Å². The molecule has 1 heterocycles. The van der Waals surface area contributed by atoms with Crippen LogP contribution in [0.4, 0.5) is 4.79 Å². The number of carboxylic acids is 1. The number of carbonyl (C=O) groups is 2. The van der Waals surface area contributed by atoms with Gasteiger partial charge < -0.3 is 20.7 Å². The molecule has 1 unspecified atom stereocenters. The van der Waals surface area contributed by atoms with Crippen LogP contribution in [0.3, 0.4) is 0 Å². The predicted octanol–water partition coefficient (Wildman–Crippen LogP) is 0.489. The molecule has 1 atom stereocenters. The molecule has 8 heteroatoms. The van der Waals surface area contributed by atoms with Gasteiger partial charge in [-0.1, -0.05) is 18.3 Å². The second-order valence-corrected chi connectivity index (χ2v) is 4.81. The fourth-order valence-corrected chi connectivity index (χ4v) is 1.75. The number of amides is 2. The van der Waals surface area contributed by atoms with Crippen LogP contribution in [0.1, 0.15) is 26.0 Å². The molecule has 0 spiro atoms. The largest absolute Gasteiger partial charge is 0.480 e. The number of aromatic amines is 1. The molecule has 0 saturated heterocycles. The van der Waals surface area contributed by atoms with Gasteiger partial charge in [0.05, 0.1) is 6.54 Å². The predicted molar refractivity (Wildman–Crippen MR) is 66.6 cm³/mol. The number of H-pyrrole nitrogens is 1. The van der Waals surface area contributed by atoms with Gasteiger partial charge in [0.2, 0.25) is 0 Å². The quantitative estimate of drug-likeness (QED) is 0.625. The molecule has 0 aliphatic heterocycles. The lowest BCUT2D eigenvalue weighted by atomic mass is 10.00. The smallest absolute Gasteiger partial charge is 0.329 e. The summed E-state index contributed by atoms with van der Waals surface area (Å²) >= 11 is 1.00. The molecule has 0 fully saturated rings. The van der Waals surface area contributed by atoms with E-state index >= 15 is 0 Å². The summed E-state index contributed by atoms with van der Waals surface area (Å²) in [4.78, 5) is 35.7. The first-order valence-electron chi connectivity index (χ1n) is 5.33. The van der Waals surface area contributed by atoms with Gasteiger partial charge in [0.1, 0.15) is 5.54 Å². The first kappa shape index (κ1) is 14.2. The van der Waals surface area contributed by atoms with Crippen LogP contribution >= 0.6 is 11.3 Å². The van der Waals surface area contributed by atoms with Gasteiger partial charge in [-0.2, -0.15) is 0 Å². The Morgan fingerprint density at radius 3 is 2.67 bits per heavy atom. The lowest BCUT2D eigenvalue weighted by Crippen LogP contribution is -2.54. The zero-order valence-electron chi connectivity index (χ0n) is 10.1. The number of urea groups is 1. The van der Waals surface area contributed by atoms with Crippen LogP contribution in [-0.2, 0) is 11.3 Å². The number of carboxylic acid groups (broad SMARTS) is 1. The summed E-state index contributed by atoms with van der Waals surface area (Å²) in [7, 11) is 0. The number of carbonyl (C=O) groups excluding carboxylic acids is 1. The lowest BCUT2D eigenvalue weighted by molar-refractivity contribution is -0.143. The molecular weight excluding hydrogens is 258 g/mol. The zero-order valence-corrected chi connectivity index (χ0v) is 10.9. The van der Waals surface area contributed by atoms with E-state index in [-0.39, 0.29) is 17.8 Å². The summed E-state index contributed by atoms with van der Waals surface area (Å²) in [6, 6.07) is -0.589. The number of thiazole rings is 1. The Morgan fingerprint density at radius 1 is 1.56 bits per heavy atom. The molecule has 0 aliphatic carbocycles. The Hall–Kier alpha value is -1.83. The Morgan fingerprint density at radius 2 is 2.22 bits per heavy atom. The Labute approximate surface area is 107 Å². The molecule has 100 valence electrons. The average molecular weight is 273 g/mol. The minimum absolute atomic E-state index is 0.143. The molecule has 1 rings (SSSR count). The number of aromatic nitrogens is 1. The highest BCUT2D eigenvalue weighted by Gasteiger charge is 2.32. The van der Waals surface area contributed by atoms with E-state index in [0.717, 1.165) is 11.3 Å². The molecule has 1 aromatic rings. The third kappa shape index (κ3) is 3.59. The van der Waals surface area contributed by atoms with Crippen molar-refractivity contribution in [1.29, 1.82) is 0 Å². The molecule has 0 aliphatic rings. The minimum Gasteiger partial charge on any atom is -0.480 e. The summed E-state index contributed by atoms with van der Waals surface area (Å²) in [6.45, 7) is 3.25. The number of hydrogen-bond donors (Lipinski definition) is 4. The van der Waals surface area contributed by atoms with E-state index < -0.39 is 17.5 Å². The van der Waals surface area contributed by atoms with Crippen molar-refractivity contribution in [2.45, 2.75) is 32.4 Å². The average Bonchev–Trinajstić information content (AvgIpc) is 2.72. The van der Waals surface area contributed by atoms with Gasteiger partial charge in [0, 0.05) is 11.1 Å². The molecule has 1 aromatic heterocycles. The number of hydrogen-bond acceptors (Lipinski definition) is 4. The van der Waals surface area contributed by atoms with Gasteiger partial charge >= 0.3 is 16.9 Å². The van der Waals surface area contributed by atoms with Crippen molar-refractivity contribution in [2.75, 3.05) is 0 Å². The van der Waals surface area contributed by atoms with Crippen LogP contribution in [0.25, 0.3) is 0 Å². The monoisotopic (exact) mass is 273 g/mol. The molecule has 0 aromatic carbocycles. The second-order valence-electron chi connectivity index (χ2n) is 3.97. The third-order valence-corrected chi connectivity index (χ3v) is 3.30. The zero-order chi connectivity index (χ0) is 13.8. The summed E-state index contributed by atoms with van der Waals surface area (Å²) in [5.74, 6) is -1.09.